The van der Waals surface area contributed by atoms with Gasteiger partial charge in [0, 0.05) is 12.5 Å². The molecular formula is C17H14N6O3. The van der Waals surface area contributed by atoms with E-state index in [0.29, 0.717) is 17.9 Å². The zero-order valence-electron chi connectivity index (χ0n) is 13.7. The monoisotopic (exact) mass is 350 g/mol. The molecule has 9 heteroatoms. The van der Waals surface area contributed by atoms with E-state index in [1.54, 1.807) is 12.1 Å². The van der Waals surface area contributed by atoms with Crippen LogP contribution >= 0.6 is 0 Å². The minimum atomic E-state index is -0.613. The lowest BCUT2D eigenvalue weighted by Gasteiger charge is -2.12. The molecule has 0 aliphatic carbocycles. The standard InChI is InChI=1S/C17H14N6O3/c1-8-19-12(22-21-8)6-9-2-4-10(5-3-9)23-13(24)7-11-14(15(23)18)17(26)20-16(11)25/h2-5,7H,6,18H2,1H3,(H,19,21,22)(H,20,25,26). The molecular weight excluding hydrogens is 336 g/mol. The molecule has 4 N–H and O–H groups in total. The average Bonchev–Trinajstić information content (AvgIpc) is 3.12. The molecule has 0 saturated heterocycles. The van der Waals surface area contributed by atoms with Gasteiger partial charge in [-0.1, -0.05) is 12.1 Å². The molecule has 2 amide bonds. The number of carbonyl (C=O) groups excluding carboxylic acids is 2. The van der Waals surface area contributed by atoms with Crippen molar-refractivity contribution in [2.75, 3.05) is 5.73 Å². The van der Waals surface area contributed by atoms with Crippen molar-refractivity contribution in [3.8, 4) is 5.69 Å². The molecule has 0 radical (unpaired) electrons. The van der Waals surface area contributed by atoms with E-state index < -0.39 is 17.4 Å². The number of H-pyrrole nitrogens is 1. The van der Waals surface area contributed by atoms with Gasteiger partial charge in [-0.3, -0.25) is 29.4 Å². The van der Waals surface area contributed by atoms with Crippen LogP contribution < -0.4 is 16.6 Å². The van der Waals surface area contributed by atoms with Gasteiger partial charge in [0.05, 0.1) is 16.8 Å². The van der Waals surface area contributed by atoms with Crippen LogP contribution in [0.25, 0.3) is 5.69 Å². The summed E-state index contributed by atoms with van der Waals surface area (Å²) in [5.74, 6) is 0.126. The van der Waals surface area contributed by atoms with Crippen molar-refractivity contribution in [1.29, 1.82) is 0 Å². The van der Waals surface area contributed by atoms with E-state index in [1.165, 1.54) is 4.57 Å². The van der Waals surface area contributed by atoms with Gasteiger partial charge in [0.1, 0.15) is 11.6 Å². The fourth-order valence-corrected chi connectivity index (χ4v) is 2.96. The Morgan fingerprint density at radius 3 is 2.50 bits per heavy atom. The molecule has 3 heterocycles. The summed E-state index contributed by atoms with van der Waals surface area (Å²) >= 11 is 0. The highest BCUT2D eigenvalue weighted by Crippen LogP contribution is 2.23. The molecule has 2 aromatic heterocycles. The zero-order chi connectivity index (χ0) is 18.4. The molecule has 0 spiro atoms. The van der Waals surface area contributed by atoms with Crippen molar-refractivity contribution in [3.05, 3.63) is 69.0 Å². The van der Waals surface area contributed by atoms with E-state index >= 15 is 0 Å². The summed E-state index contributed by atoms with van der Waals surface area (Å²) in [6.07, 6.45) is 0.538. The van der Waals surface area contributed by atoms with Crippen LogP contribution in [-0.2, 0) is 6.42 Å². The van der Waals surface area contributed by atoms with Gasteiger partial charge in [0.2, 0.25) is 0 Å². The fraction of sp³-hybridized carbons (Fsp3) is 0.118. The first-order valence-corrected chi connectivity index (χ1v) is 7.82. The van der Waals surface area contributed by atoms with Gasteiger partial charge in [-0.25, -0.2) is 4.98 Å². The molecule has 0 unspecified atom stereocenters. The lowest BCUT2D eigenvalue weighted by Crippen LogP contribution is -2.24. The fourth-order valence-electron chi connectivity index (χ4n) is 2.96. The number of rotatable bonds is 3. The van der Waals surface area contributed by atoms with Crippen molar-refractivity contribution in [2.24, 2.45) is 0 Å². The number of amides is 2. The van der Waals surface area contributed by atoms with Crippen LogP contribution in [0.15, 0.2) is 35.1 Å². The predicted octanol–water partition coefficient (Wildman–Crippen LogP) is 0.321. The van der Waals surface area contributed by atoms with Crippen LogP contribution in [0.3, 0.4) is 0 Å². The number of aryl methyl sites for hydroxylation is 1. The topological polar surface area (TPSA) is 136 Å². The highest BCUT2D eigenvalue weighted by atomic mass is 16.2. The second-order valence-corrected chi connectivity index (χ2v) is 5.96. The van der Waals surface area contributed by atoms with E-state index in [-0.39, 0.29) is 16.9 Å². The molecule has 0 fully saturated rings. The van der Waals surface area contributed by atoms with Crippen molar-refractivity contribution in [3.63, 3.8) is 0 Å². The number of carbonyl (C=O) groups is 2. The SMILES string of the molecule is Cc1nc(Cc2ccc(-n3c(N)c4c(cc3=O)C(=O)NC4=O)cc2)n[nH]1. The average molecular weight is 350 g/mol. The number of aromatic amines is 1. The van der Waals surface area contributed by atoms with Gasteiger partial charge in [-0.2, -0.15) is 5.10 Å². The number of nitrogen functional groups attached to an aromatic ring is 1. The maximum Gasteiger partial charge on any atom is 0.262 e. The molecule has 4 rings (SSSR count). The molecule has 1 aliphatic rings. The van der Waals surface area contributed by atoms with E-state index in [0.717, 1.165) is 17.5 Å². The number of nitrogens with one attached hydrogen (secondary N) is 2. The number of nitrogens with two attached hydrogens (primary N) is 1. The maximum atomic E-state index is 12.4. The molecule has 1 aliphatic heterocycles. The summed E-state index contributed by atoms with van der Waals surface area (Å²) in [5.41, 5.74) is 7.01. The first-order chi connectivity index (χ1) is 12.4. The highest BCUT2D eigenvalue weighted by molar-refractivity contribution is 6.23. The molecule has 3 aromatic rings. The number of imide groups is 1. The second kappa shape index (κ2) is 5.66. The van der Waals surface area contributed by atoms with Crippen LogP contribution in [0.1, 0.15) is 37.9 Å². The van der Waals surface area contributed by atoms with E-state index in [9.17, 15) is 14.4 Å². The minimum absolute atomic E-state index is 0.00495. The van der Waals surface area contributed by atoms with Crippen molar-refractivity contribution in [1.82, 2.24) is 25.1 Å². The summed E-state index contributed by atoms with van der Waals surface area (Å²) in [6.45, 7) is 1.82. The number of pyridine rings is 1. The Labute approximate surface area is 146 Å². The van der Waals surface area contributed by atoms with E-state index in [4.69, 9.17) is 5.73 Å². The van der Waals surface area contributed by atoms with Gasteiger partial charge in [-0.05, 0) is 24.6 Å². The van der Waals surface area contributed by atoms with Crippen LogP contribution in [0, 0.1) is 6.92 Å². The van der Waals surface area contributed by atoms with Crippen LogP contribution in [0.5, 0.6) is 0 Å². The second-order valence-electron chi connectivity index (χ2n) is 5.96. The van der Waals surface area contributed by atoms with E-state index in [1.807, 2.05) is 19.1 Å². The zero-order valence-corrected chi connectivity index (χ0v) is 13.7. The first-order valence-electron chi connectivity index (χ1n) is 7.82. The normalized spacial score (nSPS) is 13.0. The number of anilines is 1. The molecule has 1 aromatic carbocycles. The third kappa shape index (κ3) is 2.46. The minimum Gasteiger partial charge on any atom is -0.384 e. The highest BCUT2D eigenvalue weighted by Gasteiger charge is 2.31. The number of nitrogens with zero attached hydrogens (tertiary/aromatic N) is 3. The third-order valence-corrected chi connectivity index (χ3v) is 4.15. The maximum absolute atomic E-state index is 12.4. The number of hydrogen-bond acceptors (Lipinski definition) is 6. The summed E-state index contributed by atoms with van der Waals surface area (Å²) in [4.78, 5) is 40.3. The molecule has 0 bridgehead atoms. The van der Waals surface area contributed by atoms with Gasteiger partial charge in [-0.15, -0.1) is 0 Å². The number of hydrogen-bond donors (Lipinski definition) is 3. The number of aromatic nitrogens is 4. The lowest BCUT2D eigenvalue weighted by atomic mass is 10.1. The smallest absolute Gasteiger partial charge is 0.262 e. The van der Waals surface area contributed by atoms with Crippen molar-refractivity contribution in [2.45, 2.75) is 13.3 Å². The van der Waals surface area contributed by atoms with E-state index in [2.05, 4.69) is 20.5 Å². The Kier molecular flexibility index (Phi) is 3.43. The molecule has 0 atom stereocenters. The largest absolute Gasteiger partial charge is 0.384 e. The summed E-state index contributed by atoms with van der Waals surface area (Å²) in [6, 6.07) is 8.20. The Bertz CT molecular complexity index is 1110. The first kappa shape index (κ1) is 15.8. The number of fused-ring (bicyclic) bond motifs is 1. The number of benzene rings is 1. The van der Waals surface area contributed by atoms with Crippen LogP contribution in [-0.4, -0.2) is 31.6 Å². The summed E-state index contributed by atoms with van der Waals surface area (Å²) in [7, 11) is 0. The third-order valence-electron chi connectivity index (χ3n) is 4.15. The lowest BCUT2D eigenvalue weighted by molar-refractivity contribution is 0.0880. The van der Waals surface area contributed by atoms with Crippen LogP contribution in [0.2, 0.25) is 0 Å². The van der Waals surface area contributed by atoms with Gasteiger partial charge < -0.3 is 5.73 Å². The van der Waals surface area contributed by atoms with Crippen molar-refractivity contribution < 1.29 is 9.59 Å². The Morgan fingerprint density at radius 1 is 1.12 bits per heavy atom. The molecule has 130 valence electrons. The Balaban J connectivity index is 1.72. The summed E-state index contributed by atoms with van der Waals surface area (Å²) < 4.78 is 1.21. The van der Waals surface area contributed by atoms with Gasteiger partial charge >= 0.3 is 0 Å². The van der Waals surface area contributed by atoms with Crippen molar-refractivity contribution >= 4 is 17.6 Å². The predicted molar refractivity (Wildman–Crippen MR) is 92.2 cm³/mol. The summed E-state index contributed by atoms with van der Waals surface area (Å²) in [5, 5.41) is 9.01. The van der Waals surface area contributed by atoms with Crippen LogP contribution in [0.4, 0.5) is 5.82 Å². The Hall–Kier alpha value is -3.75. The van der Waals surface area contributed by atoms with Gasteiger partial charge in [0.25, 0.3) is 17.4 Å². The molecule has 9 nitrogen and oxygen atoms in total. The molecule has 0 saturated carbocycles. The quantitative estimate of drug-likeness (QED) is 0.582. The Morgan fingerprint density at radius 2 is 1.85 bits per heavy atom. The molecule has 26 heavy (non-hydrogen) atoms. The van der Waals surface area contributed by atoms with Gasteiger partial charge in [0.15, 0.2) is 5.82 Å².